The zero-order valence-corrected chi connectivity index (χ0v) is 11.7. The Morgan fingerprint density at radius 1 is 1.45 bits per heavy atom. The summed E-state index contributed by atoms with van der Waals surface area (Å²) < 4.78 is 11.1. The second-order valence-corrected chi connectivity index (χ2v) is 4.21. The van der Waals surface area contributed by atoms with Crippen molar-refractivity contribution < 1.29 is 9.47 Å². The monoisotopic (exact) mass is 277 g/mol. The zero-order chi connectivity index (χ0) is 14.5. The van der Waals surface area contributed by atoms with E-state index in [1.54, 1.807) is 6.07 Å². The van der Waals surface area contributed by atoms with Crippen LogP contribution in [0.4, 0.5) is 5.82 Å². The van der Waals surface area contributed by atoms with Gasteiger partial charge in [0, 0.05) is 6.42 Å². The number of H-pyrrole nitrogens is 1. The zero-order valence-electron chi connectivity index (χ0n) is 11.7. The van der Waals surface area contributed by atoms with Gasteiger partial charge in [-0.3, -0.25) is 0 Å². The molecule has 6 nitrogen and oxygen atoms in total. The average molecular weight is 277 g/mol. The van der Waals surface area contributed by atoms with Crippen LogP contribution in [0.3, 0.4) is 0 Å². The molecule has 0 saturated carbocycles. The van der Waals surface area contributed by atoms with E-state index >= 15 is 0 Å². The molecule has 1 aromatic heterocycles. The lowest BCUT2D eigenvalue weighted by atomic mass is 10.2. The summed E-state index contributed by atoms with van der Waals surface area (Å²) in [6, 6.07) is 5.40. The number of fused-ring (bicyclic) bond motifs is 1. The van der Waals surface area contributed by atoms with Gasteiger partial charge >= 0.3 is 5.69 Å². The van der Waals surface area contributed by atoms with Gasteiger partial charge in [-0.2, -0.15) is 4.98 Å². The summed E-state index contributed by atoms with van der Waals surface area (Å²) in [5.74, 6) is 0.813. The topological polar surface area (TPSA) is 90.2 Å². The lowest BCUT2D eigenvalue weighted by Gasteiger charge is -2.14. The van der Waals surface area contributed by atoms with E-state index < -0.39 is 5.69 Å². The molecule has 0 amide bonds. The minimum absolute atomic E-state index is 0.0296. The molecule has 1 atom stereocenters. The van der Waals surface area contributed by atoms with Crippen LogP contribution in [0.25, 0.3) is 10.9 Å². The Hall–Kier alpha value is -2.08. The first kappa shape index (κ1) is 14.3. The summed E-state index contributed by atoms with van der Waals surface area (Å²) in [5.41, 5.74) is 5.96. The number of anilines is 1. The first-order valence-corrected chi connectivity index (χ1v) is 6.77. The molecule has 3 N–H and O–H groups in total. The molecule has 1 aromatic carbocycles. The molecule has 1 aliphatic rings. The van der Waals surface area contributed by atoms with E-state index in [0.717, 1.165) is 6.42 Å². The van der Waals surface area contributed by atoms with Crippen LogP contribution in [-0.4, -0.2) is 29.3 Å². The largest absolute Gasteiger partial charge is 0.487 e. The van der Waals surface area contributed by atoms with Crippen LogP contribution in [0.5, 0.6) is 5.75 Å². The van der Waals surface area contributed by atoms with Crippen molar-refractivity contribution in [2.75, 3.05) is 18.9 Å². The third-order valence-corrected chi connectivity index (χ3v) is 2.93. The Morgan fingerprint density at radius 3 is 2.95 bits per heavy atom. The van der Waals surface area contributed by atoms with Gasteiger partial charge in [0.25, 0.3) is 0 Å². The Labute approximate surface area is 116 Å². The normalized spacial score (nSPS) is 17.6. The van der Waals surface area contributed by atoms with Crippen LogP contribution in [0.15, 0.2) is 23.0 Å². The first-order chi connectivity index (χ1) is 9.74. The minimum atomic E-state index is -0.457. The van der Waals surface area contributed by atoms with Gasteiger partial charge in [-0.1, -0.05) is 19.9 Å². The Kier molecular flexibility index (Phi) is 4.57. The molecule has 20 heavy (non-hydrogen) atoms. The van der Waals surface area contributed by atoms with Crippen LogP contribution in [0, 0.1) is 0 Å². The SMILES string of the molecule is CC.Nc1nc(=O)[nH]c2cccc(OC3CCOC3)c12. The molecule has 2 aromatic rings. The minimum Gasteiger partial charge on any atom is -0.487 e. The number of hydrogen-bond acceptors (Lipinski definition) is 5. The molecule has 1 aliphatic heterocycles. The van der Waals surface area contributed by atoms with Gasteiger partial charge in [-0.25, -0.2) is 4.79 Å². The highest BCUT2D eigenvalue weighted by atomic mass is 16.5. The Morgan fingerprint density at radius 2 is 2.25 bits per heavy atom. The smallest absolute Gasteiger partial charge is 0.347 e. The third-order valence-electron chi connectivity index (χ3n) is 2.93. The maximum absolute atomic E-state index is 11.3. The van der Waals surface area contributed by atoms with Crippen LogP contribution < -0.4 is 16.2 Å². The highest BCUT2D eigenvalue weighted by Crippen LogP contribution is 2.29. The summed E-state index contributed by atoms with van der Waals surface area (Å²) in [7, 11) is 0. The first-order valence-electron chi connectivity index (χ1n) is 6.77. The van der Waals surface area contributed by atoms with E-state index in [-0.39, 0.29) is 11.9 Å². The number of benzene rings is 1. The lowest BCUT2D eigenvalue weighted by molar-refractivity contribution is 0.142. The van der Waals surface area contributed by atoms with Gasteiger partial charge in [0.15, 0.2) is 0 Å². The summed E-state index contributed by atoms with van der Waals surface area (Å²) in [5, 5.41) is 0.643. The van der Waals surface area contributed by atoms with Crippen LogP contribution in [-0.2, 0) is 4.74 Å². The standard InChI is InChI=1S/C12H13N3O3.C2H6/c13-11-10-8(14-12(16)15-11)2-1-3-9(10)18-7-4-5-17-6-7;1-2/h1-3,7H,4-6H2,(H3,13,14,15,16);1-2H3. The highest BCUT2D eigenvalue weighted by Gasteiger charge is 2.19. The number of rotatable bonds is 2. The van der Waals surface area contributed by atoms with Gasteiger partial charge in [0.2, 0.25) is 0 Å². The summed E-state index contributed by atoms with van der Waals surface area (Å²) in [6.45, 7) is 5.28. The van der Waals surface area contributed by atoms with E-state index in [4.69, 9.17) is 15.2 Å². The molecule has 1 unspecified atom stereocenters. The second kappa shape index (κ2) is 6.38. The molecule has 108 valence electrons. The molecule has 0 bridgehead atoms. The van der Waals surface area contributed by atoms with Gasteiger partial charge < -0.3 is 20.2 Å². The fourth-order valence-corrected chi connectivity index (χ4v) is 2.09. The lowest BCUT2D eigenvalue weighted by Crippen LogP contribution is -2.17. The molecule has 0 spiro atoms. The Balaban J connectivity index is 0.000000704. The van der Waals surface area contributed by atoms with Gasteiger partial charge in [-0.05, 0) is 12.1 Å². The number of nitrogen functional groups attached to an aromatic ring is 1. The third kappa shape index (κ3) is 2.91. The fourth-order valence-electron chi connectivity index (χ4n) is 2.09. The van der Waals surface area contributed by atoms with Crippen molar-refractivity contribution in [1.29, 1.82) is 0 Å². The van der Waals surface area contributed by atoms with E-state index in [0.29, 0.717) is 29.9 Å². The van der Waals surface area contributed by atoms with Gasteiger partial charge in [0.1, 0.15) is 17.7 Å². The number of nitrogens with one attached hydrogen (secondary N) is 1. The van der Waals surface area contributed by atoms with E-state index in [1.807, 2.05) is 26.0 Å². The van der Waals surface area contributed by atoms with Gasteiger partial charge in [0.05, 0.1) is 24.1 Å². The molecule has 6 heteroatoms. The molecular weight excluding hydrogens is 258 g/mol. The number of nitrogens with two attached hydrogens (primary N) is 1. The van der Waals surface area contributed by atoms with Crippen LogP contribution >= 0.6 is 0 Å². The fraction of sp³-hybridized carbons (Fsp3) is 0.429. The molecule has 0 aliphatic carbocycles. The van der Waals surface area contributed by atoms with E-state index in [9.17, 15) is 4.79 Å². The predicted molar refractivity (Wildman–Crippen MR) is 78.0 cm³/mol. The maximum Gasteiger partial charge on any atom is 0.347 e. The van der Waals surface area contributed by atoms with Crippen molar-refractivity contribution in [3.63, 3.8) is 0 Å². The Bertz CT molecular complexity index is 633. The summed E-state index contributed by atoms with van der Waals surface area (Å²) in [4.78, 5) is 17.6. The van der Waals surface area contributed by atoms with Crippen LogP contribution in [0.1, 0.15) is 20.3 Å². The maximum atomic E-state index is 11.3. The van der Waals surface area contributed by atoms with Crippen molar-refractivity contribution >= 4 is 16.7 Å². The number of aromatic nitrogens is 2. The molecular formula is C14H19N3O3. The number of aromatic amines is 1. The second-order valence-electron chi connectivity index (χ2n) is 4.21. The van der Waals surface area contributed by atoms with E-state index in [2.05, 4.69) is 9.97 Å². The van der Waals surface area contributed by atoms with Crippen molar-refractivity contribution in [1.82, 2.24) is 9.97 Å². The summed E-state index contributed by atoms with van der Waals surface area (Å²) in [6.07, 6.45) is 0.884. The van der Waals surface area contributed by atoms with Crippen molar-refractivity contribution in [3.05, 3.63) is 28.7 Å². The number of nitrogens with zero attached hydrogens (tertiary/aromatic N) is 1. The molecule has 3 rings (SSSR count). The average Bonchev–Trinajstić information content (AvgIpc) is 2.93. The molecule has 2 heterocycles. The van der Waals surface area contributed by atoms with Crippen molar-refractivity contribution in [3.8, 4) is 5.75 Å². The number of hydrogen-bond donors (Lipinski definition) is 2. The number of ether oxygens (including phenoxy) is 2. The van der Waals surface area contributed by atoms with Crippen LogP contribution in [0.2, 0.25) is 0 Å². The highest BCUT2D eigenvalue weighted by molar-refractivity contribution is 5.93. The quantitative estimate of drug-likeness (QED) is 0.872. The van der Waals surface area contributed by atoms with Crippen molar-refractivity contribution in [2.45, 2.75) is 26.4 Å². The summed E-state index contributed by atoms with van der Waals surface area (Å²) >= 11 is 0. The predicted octanol–water partition coefficient (Wildman–Crippen LogP) is 1.70. The molecule has 0 radical (unpaired) electrons. The van der Waals surface area contributed by atoms with E-state index in [1.165, 1.54) is 0 Å². The van der Waals surface area contributed by atoms with Gasteiger partial charge in [-0.15, -0.1) is 0 Å². The molecule has 1 fully saturated rings. The molecule has 1 saturated heterocycles. The van der Waals surface area contributed by atoms with Crippen molar-refractivity contribution in [2.24, 2.45) is 0 Å².